The van der Waals surface area contributed by atoms with Crippen molar-refractivity contribution in [2.75, 3.05) is 0 Å². The van der Waals surface area contributed by atoms with Gasteiger partial charge in [0.25, 0.3) is 0 Å². The van der Waals surface area contributed by atoms with Gasteiger partial charge in [-0.3, -0.25) is 4.98 Å². The van der Waals surface area contributed by atoms with Crippen LogP contribution >= 0.6 is 0 Å². The maximum Gasteiger partial charge on any atom is 0.224 e. The minimum Gasteiger partial charge on any atom is -0.437 e. The van der Waals surface area contributed by atoms with Gasteiger partial charge >= 0.3 is 0 Å². The van der Waals surface area contributed by atoms with Crippen molar-refractivity contribution in [3.8, 4) is 11.6 Å². The largest absolute Gasteiger partial charge is 0.437 e. The number of rotatable bonds is 3. The summed E-state index contributed by atoms with van der Waals surface area (Å²) >= 11 is 0. The van der Waals surface area contributed by atoms with Gasteiger partial charge in [0.1, 0.15) is 5.75 Å². The van der Waals surface area contributed by atoms with Crippen molar-refractivity contribution in [3.05, 3.63) is 60.4 Å². The lowest BCUT2D eigenvalue weighted by molar-refractivity contribution is 0.451. The van der Waals surface area contributed by atoms with Gasteiger partial charge in [-0.2, -0.15) is 0 Å². The van der Waals surface area contributed by atoms with Gasteiger partial charge in [-0.15, -0.1) is 0 Å². The molecule has 0 aliphatic carbocycles. The van der Waals surface area contributed by atoms with Crippen molar-refractivity contribution < 1.29 is 4.74 Å². The lowest BCUT2D eigenvalue weighted by atomic mass is 10.1. The third-order valence-electron chi connectivity index (χ3n) is 3.07. The van der Waals surface area contributed by atoms with E-state index in [9.17, 15) is 0 Å². The topological polar surface area (TPSA) is 61.0 Å². The predicted molar refractivity (Wildman–Crippen MR) is 78.7 cm³/mol. The molecule has 2 aromatic heterocycles. The van der Waals surface area contributed by atoms with Crippen LogP contribution in [0.2, 0.25) is 0 Å². The third-order valence-corrected chi connectivity index (χ3v) is 3.07. The molecule has 0 aliphatic rings. The highest BCUT2D eigenvalue weighted by Crippen LogP contribution is 2.27. The van der Waals surface area contributed by atoms with Crippen LogP contribution in [0.15, 0.2) is 54.9 Å². The molecular weight excluding hydrogens is 250 g/mol. The Labute approximate surface area is 117 Å². The standard InChI is InChI=1S/C16H15N3O/c1-11(17)14-6-4-8-18-16(14)20-13-9-12-5-2-3-7-15(12)19-10-13/h2-11H,17H2,1H3/t11-/m0/s1. The molecule has 0 spiro atoms. The number of aromatic nitrogens is 2. The first-order valence-corrected chi connectivity index (χ1v) is 6.47. The predicted octanol–water partition coefficient (Wildman–Crippen LogP) is 3.44. The number of hydrogen-bond acceptors (Lipinski definition) is 4. The Morgan fingerprint density at radius 3 is 2.80 bits per heavy atom. The van der Waals surface area contributed by atoms with E-state index in [1.54, 1.807) is 12.4 Å². The first-order chi connectivity index (χ1) is 9.74. The Kier molecular flexibility index (Phi) is 3.31. The third kappa shape index (κ3) is 2.46. The molecule has 0 aliphatic heterocycles. The lowest BCUT2D eigenvalue weighted by Crippen LogP contribution is -2.07. The Balaban J connectivity index is 1.97. The highest BCUT2D eigenvalue weighted by molar-refractivity contribution is 5.79. The van der Waals surface area contributed by atoms with E-state index in [0.717, 1.165) is 16.5 Å². The fourth-order valence-corrected chi connectivity index (χ4v) is 2.05. The second-order valence-electron chi connectivity index (χ2n) is 4.65. The van der Waals surface area contributed by atoms with Gasteiger partial charge < -0.3 is 10.5 Å². The minimum atomic E-state index is -0.132. The SMILES string of the molecule is C[C@H](N)c1cccnc1Oc1cnc2ccccc2c1. The second-order valence-corrected chi connectivity index (χ2v) is 4.65. The molecule has 3 aromatic rings. The smallest absolute Gasteiger partial charge is 0.224 e. The molecule has 3 rings (SSSR count). The van der Waals surface area contributed by atoms with E-state index in [2.05, 4.69) is 9.97 Å². The maximum atomic E-state index is 5.92. The molecule has 1 aromatic carbocycles. The number of ether oxygens (including phenoxy) is 1. The van der Waals surface area contributed by atoms with E-state index in [4.69, 9.17) is 10.5 Å². The summed E-state index contributed by atoms with van der Waals surface area (Å²) in [7, 11) is 0. The average Bonchev–Trinajstić information content (AvgIpc) is 2.47. The number of hydrogen-bond donors (Lipinski definition) is 1. The fourth-order valence-electron chi connectivity index (χ4n) is 2.05. The molecule has 0 saturated heterocycles. The first kappa shape index (κ1) is 12.6. The molecule has 20 heavy (non-hydrogen) atoms. The molecule has 0 bridgehead atoms. The molecule has 4 nitrogen and oxygen atoms in total. The summed E-state index contributed by atoms with van der Waals surface area (Å²) in [5.74, 6) is 1.18. The van der Waals surface area contributed by atoms with Crippen LogP contribution in [0.1, 0.15) is 18.5 Å². The summed E-state index contributed by atoms with van der Waals surface area (Å²) in [5, 5.41) is 1.03. The van der Waals surface area contributed by atoms with Crippen LogP contribution in [0.3, 0.4) is 0 Å². The fraction of sp³-hybridized carbons (Fsp3) is 0.125. The number of pyridine rings is 2. The zero-order valence-electron chi connectivity index (χ0n) is 11.2. The Bertz CT molecular complexity index is 740. The number of nitrogens with two attached hydrogens (primary N) is 1. The van der Waals surface area contributed by atoms with Gasteiger partial charge in [-0.25, -0.2) is 4.98 Å². The van der Waals surface area contributed by atoms with E-state index < -0.39 is 0 Å². The molecule has 0 unspecified atom stereocenters. The Morgan fingerprint density at radius 1 is 1.10 bits per heavy atom. The number of para-hydroxylation sites is 1. The van der Waals surface area contributed by atoms with Crippen molar-refractivity contribution in [2.24, 2.45) is 5.73 Å². The second kappa shape index (κ2) is 5.27. The minimum absolute atomic E-state index is 0.132. The highest BCUT2D eigenvalue weighted by atomic mass is 16.5. The monoisotopic (exact) mass is 265 g/mol. The molecular formula is C16H15N3O. The van der Waals surface area contributed by atoms with Crippen molar-refractivity contribution in [2.45, 2.75) is 13.0 Å². The van der Waals surface area contributed by atoms with Crippen molar-refractivity contribution in [1.82, 2.24) is 9.97 Å². The zero-order chi connectivity index (χ0) is 13.9. The Hall–Kier alpha value is -2.46. The van der Waals surface area contributed by atoms with Crippen molar-refractivity contribution in [1.29, 1.82) is 0 Å². The summed E-state index contributed by atoms with van der Waals surface area (Å²) in [6.07, 6.45) is 3.39. The number of benzene rings is 1. The summed E-state index contributed by atoms with van der Waals surface area (Å²) in [6, 6.07) is 13.5. The van der Waals surface area contributed by atoms with E-state index in [-0.39, 0.29) is 6.04 Å². The summed E-state index contributed by atoms with van der Waals surface area (Å²) in [4.78, 5) is 8.61. The van der Waals surface area contributed by atoms with Gasteiger partial charge in [0.05, 0.1) is 11.7 Å². The molecule has 100 valence electrons. The van der Waals surface area contributed by atoms with Crippen LogP contribution in [0, 0.1) is 0 Å². The number of nitrogens with zero attached hydrogens (tertiary/aromatic N) is 2. The van der Waals surface area contributed by atoms with Crippen molar-refractivity contribution in [3.63, 3.8) is 0 Å². The Morgan fingerprint density at radius 2 is 1.95 bits per heavy atom. The maximum absolute atomic E-state index is 5.92. The normalized spacial score (nSPS) is 12.3. The molecule has 2 N–H and O–H groups in total. The van der Waals surface area contributed by atoms with Gasteiger partial charge in [-0.1, -0.05) is 24.3 Å². The van der Waals surface area contributed by atoms with E-state index in [1.807, 2.05) is 49.4 Å². The van der Waals surface area contributed by atoms with Gasteiger partial charge in [0.2, 0.25) is 5.88 Å². The average molecular weight is 265 g/mol. The van der Waals surface area contributed by atoms with Gasteiger partial charge in [0, 0.05) is 23.2 Å². The molecule has 1 atom stereocenters. The summed E-state index contributed by atoms with van der Waals surface area (Å²) < 4.78 is 5.83. The van der Waals surface area contributed by atoms with Crippen LogP contribution in [0.25, 0.3) is 10.9 Å². The molecule has 0 fully saturated rings. The van der Waals surface area contributed by atoms with Crippen LogP contribution in [0.5, 0.6) is 11.6 Å². The van der Waals surface area contributed by atoms with Crippen LogP contribution in [0.4, 0.5) is 0 Å². The van der Waals surface area contributed by atoms with Crippen molar-refractivity contribution >= 4 is 10.9 Å². The number of fused-ring (bicyclic) bond motifs is 1. The molecule has 0 saturated carbocycles. The quantitative estimate of drug-likeness (QED) is 0.788. The molecule has 2 heterocycles. The summed E-state index contributed by atoms with van der Waals surface area (Å²) in [5.41, 5.74) is 7.74. The summed E-state index contributed by atoms with van der Waals surface area (Å²) in [6.45, 7) is 1.91. The lowest BCUT2D eigenvalue weighted by Gasteiger charge is -2.12. The van der Waals surface area contributed by atoms with Gasteiger partial charge in [0.15, 0.2) is 0 Å². The van der Waals surface area contributed by atoms with Crippen LogP contribution < -0.4 is 10.5 Å². The zero-order valence-corrected chi connectivity index (χ0v) is 11.2. The molecule has 0 amide bonds. The van der Waals surface area contributed by atoms with E-state index in [0.29, 0.717) is 11.6 Å². The van der Waals surface area contributed by atoms with Gasteiger partial charge in [-0.05, 0) is 25.1 Å². The van der Waals surface area contributed by atoms with E-state index in [1.165, 1.54) is 0 Å². The van der Waals surface area contributed by atoms with Crippen LogP contribution in [-0.4, -0.2) is 9.97 Å². The molecule has 4 heteroatoms. The van der Waals surface area contributed by atoms with E-state index >= 15 is 0 Å². The van der Waals surface area contributed by atoms with Crippen LogP contribution in [-0.2, 0) is 0 Å². The molecule has 0 radical (unpaired) electrons. The first-order valence-electron chi connectivity index (χ1n) is 6.47. The highest BCUT2D eigenvalue weighted by Gasteiger charge is 2.10.